The number of nitro benzene ring substituents is 1. The van der Waals surface area contributed by atoms with Gasteiger partial charge in [-0.3, -0.25) is 20.6 Å². The summed E-state index contributed by atoms with van der Waals surface area (Å²) in [5.41, 5.74) is 8.96. The smallest absolute Gasteiger partial charge is 0.289 e. The molecule has 0 aliphatic rings. The van der Waals surface area contributed by atoms with Crippen LogP contribution in [0.5, 0.6) is 0 Å². The molecule has 0 saturated carbocycles. The van der Waals surface area contributed by atoms with Gasteiger partial charge in [0.05, 0.1) is 21.8 Å². The van der Waals surface area contributed by atoms with E-state index in [1.165, 1.54) is 18.2 Å². The zero-order valence-electron chi connectivity index (χ0n) is 21.3. The van der Waals surface area contributed by atoms with Gasteiger partial charge in [-0.25, -0.2) is 4.98 Å². The van der Waals surface area contributed by atoms with Crippen LogP contribution in [0.2, 0.25) is 0 Å². The summed E-state index contributed by atoms with van der Waals surface area (Å²) in [6.07, 6.45) is 0. The summed E-state index contributed by atoms with van der Waals surface area (Å²) in [5.74, 6) is 0.159. The fourth-order valence-corrected chi connectivity index (χ4v) is 5.27. The molecule has 41 heavy (non-hydrogen) atoms. The number of ketones is 1. The van der Waals surface area contributed by atoms with E-state index in [9.17, 15) is 25.4 Å². The van der Waals surface area contributed by atoms with E-state index in [-0.39, 0.29) is 61.8 Å². The van der Waals surface area contributed by atoms with Gasteiger partial charge in [0.2, 0.25) is 0 Å². The maximum atomic E-state index is 13.0. The summed E-state index contributed by atoms with van der Waals surface area (Å²) >= 11 is 1.08. The van der Waals surface area contributed by atoms with Crippen molar-refractivity contribution >= 4 is 29.1 Å². The summed E-state index contributed by atoms with van der Waals surface area (Å²) in [5, 5.41) is 31.7. The number of Topliss-reactive ketones (excluding diaryl/α,β-unsaturated/α-hetero) is 1. The number of aromatic amines is 1. The molecule has 0 saturated heterocycles. The number of rotatable bonds is 8. The fourth-order valence-electron chi connectivity index (χ4n) is 4.36. The molecule has 0 radical (unpaired) electrons. The van der Waals surface area contributed by atoms with Crippen LogP contribution in [0, 0.1) is 32.8 Å². The number of nitriles is 2. The highest BCUT2D eigenvalue weighted by molar-refractivity contribution is 7.99. The molecule has 198 valence electrons. The van der Waals surface area contributed by atoms with Crippen molar-refractivity contribution in [1.29, 1.82) is 10.5 Å². The maximum Gasteiger partial charge on any atom is 0.289 e. The molecule has 0 aliphatic carbocycles. The average molecular weight is 559 g/mol. The van der Waals surface area contributed by atoms with Crippen LogP contribution in [0.15, 0.2) is 100 Å². The summed E-state index contributed by atoms with van der Waals surface area (Å²) in [4.78, 5) is 26.9. The first-order valence-electron chi connectivity index (χ1n) is 12.3. The van der Waals surface area contributed by atoms with Crippen molar-refractivity contribution in [3.63, 3.8) is 0 Å². The fraction of sp³-hybridized carbons (Fsp3) is 0.0323. The summed E-state index contributed by atoms with van der Waals surface area (Å²) in [6.45, 7) is 0. The maximum absolute atomic E-state index is 13.0. The Hall–Kier alpha value is -5.71. The van der Waals surface area contributed by atoms with Gasteiger partial charge in [0.25, 0.3) is 11.5 Å². The van der Waals surface area contributed by atoms with Crippen LogP contribution in [-0.2, 0) is 0 Å². The number of carbonyl (C=O) groups is 1. The van der Waals surface area contributed by atoms with E-state index in [4.69, 9.17) is 10.2 Å². The van der Waals surface area contributed by atoms with Gasteiger partial charge in [0, 0.05) is 11.6 Å². The number of para-hydroxylation sites is 1. The molecule has 0 atom stereocenters. The number of H-pyrrole nitrogens is 1. The van der Waals surface area contributed by atoms with Crippen molar-refractivity contribution < 1.29 is 19.1 Å². The summed E-state index contributed by atoms with van der Waals surface area (Å²) < 4.78 is 5.93. The van der Waals surface area contributed by atoms with Crippen molar-refractivity contribution in [2.24, 2.45) is 0 Å². The molecule has 3 aromatic carbocycles. The van der Waals surface area contributed by atoms with Crippen LogP contribution in [0.3, 0.4) is 0 Å². The molecular formula is C31H20N5O4S+. The van der Waals surface area contributed by atoms with Crippen LogP contribution in [0.25, 0.3) is 33.8 Å². The van der Waals surface area contributed by atoms with Gasteiger partial charge in [-0.1, -0.05) is 78.5 Å². The van der Waals surface area contributed by atoms with Crippen molar-refractivity contribution in [2.45, 2.75) is 5.03 Å². The number of hydrogen-bond acceptors (Lipinski definition) is 8. The Labute approximate surface area is 238 Å². The van der Waals surface area contributed by atoms with Gasteiger partial charge in [0.1, 0.15) is 29.2 Å². The molecule has 2 aromatic heterocycles. The quantitative estimate of drug-likeness (QED) is 0.100. The predicted octanol–water partition coefficient (Wildman–Crippen LogP) is 6.30. The van der Waals surface area contributed by atoms with Gasteiger partial charge >= 0.3 is 0 Å². The number of carbonyl (C=O) groups excluding carboxylic acids is 1. The Kier molecular flexibility index (Phi) is 7.59. The minimum atomic E-state index is -0.518. The van der Waals surface area contributed by atoms with E-state index in [1.54, 1.807) is 30.3 Å². The van der Waals surface area contributed by atoms with Crippen LogP contribution < -0.4 is 10.7 Å². The number of aromatic nitrogens is 1. The van der Waals surface area contributed by atoms with Crippen LogP contribution in [0.4, 0.5) is 11.5 Å². The number of thioether (sulfide) groups is 1. The van der Waals surface area contributed by atoms with Gasteiger partial charge in [-0.05, 0) is 29.3 Å². The molecule has 5 aromatic rings. The Morgan fingerprint density at radius 3 is 2.20 bits per heavy atom. The molecule has 2 heterocycles. The van der Waals surface area contributed by atoms with Gasteiger partial charge in [-0.2, -0.15) is 10.5 Å². The number of nitrogens with zero attached hydrogens (tertiary/aromatic N) is 3. The highest BCUT2D eigenvalue weighted by Crippen LogP contribution is 2.38. The number of furan rings is 1. The number of nitro groups is 1. The minimum Gasteiger partial charge on any atom is -0.456 e. The number of nitrogens with two attached hydrogens (primary N) is 1. The standard InChI is InChI=1S/C31H19N5O4S/c32-16-23-29(28-15-14-27(40-28)22-8-4-5-9-25(22)36(38)39)24(17-33)31(35-30(23)34)41-18-26(37)21-12-10-20(11-13-21)19-6-2-1-3-7-19/h1-15H,18H2,(H2,34,35)/p+1. The zero-order chi connectivity index (χ0) is 28.9. The number of pyridine rings is 1. The van der Waals surface area contributed by atoms with Crippen molar-refractivity contribution in [3.8, 4) is 45.9 Å². The van der Waals surface area contributed by atoms with E-state index in [2.05, 4.69) is 11.1 Å². The monoisotopic (exact) mass is 558 g/mol. The van der Waals surface area contributed by atoms with Gasteiger partial charge in [-0.15, -0.1) is 0 Å². The second-order valence-corrected chi connectivity index (χ2v) is 9.80. The first kappa shape index (κ1) is 26.9. The largest absolute Gasteiger partial charge is 0.456 e. The van der Waals surface area contributed by atoms with Crippen LogP contribution in [0.1, 0.15) is 21.5 Å². The molecule has 5 rings (SSSR count). The summed E-state index contributed by atoms with van der Waals surface area (Å²) in [7, 11) is 0. The van der Waals surface area contributed by atoms with E-state index < -0.39 is 4.92 Å². The Morgan fingerprint density at radius 1 is 0.878 bits per heavy atom. The molecule has 0 fully saturated rings. The third kappa shape index (κ3) is 5.41. The molecular weight excluding hydrogens is 538 g/mol. The lowest BCUT2D eigenvalue weighted by atomic mass is 10.0. The van der Waals surface area contributed by atoms with Crippen LogP contribution >= 0.6 is 11.8 Å². The normalized spacial score (nSPS) is 10.5. The number of hydrogen-bond donors (Lipinski definition) is 1. The molecule has 0 unspecified atom stereocenters. The lowest BCUT2D eigenvalue weighted by Crippen LogP contribution is -2.19. The zero-order valence-corrected chi connectivity index (χ0v) is 22.1. The minimum absolute atomic E-state index is 0.000257. The number of anilines is 1. The van der Waals surface area contributed by atoms with Gasteiger partial charge in [0.15, 0.2) is 16.4 Å². The molecule has 10 heteroatoms. The first-order valence-corrected chi connectivity index (χ1v) is 13.2. The topological polar surface area (TPSA) is 161 Å². The average Bonchev–Trinajstić information content (AvgIpc) is 3.50. The predicted molar refractivity (Wildman–Crippen MR) is 154 cm³/mol. The van der Waals surface area contributed by atoms with E-state index >= 15 is 0 Å². The SMILES string of the molecule is N#Cc1c(N)[nH+]c(SCC(=O)c2ccc(-c3ccccc3)cc2)c(C#N)c1-c1ccc(-c2ccccc2[N+](=O)[O-])o1. The Bertz CT molecular complexity index is 1870. The number of nitrogen functional groups attached to an aromatic ring is 1. The molecule has 0 aliphatic heterocycles. The molecule has 0 amide bonds. The van der Waals surface area contributed by atoms with E-state index in [1.807, 2.05) is 48.5 Å². The van der Waals surface area contributed by atoms with E-state index in [0.717, 1.165) is 22.9 Å². The molecule has 3 N–H and O–H groups in total. The second-order valence-electron chi connectivity index (χ2n) is 8.81. The van der Waals surface area contributed by atoms with Crippen LogP contribution in [-0.4, -0.2) is 16.5 Å². The summed E-state index contributed by atoms with van der Waals surface area (Å²) in [6, 6.07) is 30.3. The highest BCUT2D eigenvalue weighted by atomic mass is 32.2. The Morgan fingerprint density at radius 2 is 1.51 bits per heavy atom. The molecule has 9 nitrogen and oxygen atoms in total. The molecule has 0 bridgehead atoms. The number of benzene rings is 3. The van der Waals surface area contributed by atoms with Crippen molar-refractivity contribution in [2.75, 3.05) is 11.5 Å². The van der Waals surface area contributed by atoms with Crippen molar-refractivity contribution in [3.05, 3.63) is 118 Å². The second kappa shape index (κ2) is 11.6. The Balaban J connectivity index is 1.45. The third-order valence-corrected chi connectivity index (χ3v) is 7.35. The third-order valence-electron chi connectivity index (χ3n) is 6.35. The first-order chi connectivity index (χ1) is 19.9. The molecule has 0 spiro atoms. The van der Waals surface area contributed by atoms with Gasteiger partial charge < -0.3 is 4.42 Å². The lowest BCUT2D eigenvalue weighted by molar-refractivity contribution is -0.410. The van der Waals surface area contributed by atoms with E-state index in [0.29, 0.717) is 5.56 Å². The lowest BCUT2D eigenvalue weighted by Gasteiger charge is -2.08. The number of nitrogens with one attached hydrogen (secondary N) is 1. The highest BCUT2D eigenvalue weighted by Gasteiger charge is 2.27. The van der Waals surface area contributed by atoms with Crippen molar-refractivity contribution in [1.82, 2.24) is 0 Å².